The van der Waals surface area contributed by atoms with Gasteiger partial charge in [-0.25, -0.2) is 13.6 Å². The van der Waals surface area contributed by atoms with Crippen molar-refractivity contribution in [3.8, 4) is 16.9 Å². The third kappa shape index (κ3) is 2.58. The van der Waals surface area contributed by atoms with Gasteiger partial charge in [0.1, 0.15) is 4.88 Å². The zero-order chi connectivity index (χ0) is 17.6. The van der Waals surface area contributed by atoms with Crippen LogP contribution in [0.3, 0.4) is 0 Å². The molecule has 0 bridgehead atoms. The van der Waals surface area contributed by atoms with E-state index in [4.69, 9.17) is 27.9 Å². The van der Waals surface area contributed by atoms with E-state index >= 15 is 0 Å². The Morgan fingerprint density at radius 3 is 2.62 bits per heavy atom. The second kappa shape index (κ2) is 6.16. The van der Waals surface area contributed by atoms with Gasteiger partial charge in [0.2, 0.25) is 0 Å². The summed E-state index contributed by atoms with van der Waals surface area (Å²) in [6.45, 7) is 0. The van der Waals surface area contributed by atoms with Gasteiger partial charge in [0.15, 0.2) is 17.4 Å². The number of nitrogens with zero attached hydrogens (tertiary/aromatic N) is 1. The number of aromatic nitrogens is 1. The molecular weight excluding hydrogens is 383 g/mol. The van der Waals surface area contributed by atoms with Crippen molar-refractivity contribution in [2.75, 3.05) is 7.11 Å². The van der Waals surface area contributed by atoms with Crippen LogP contribution in [-0.4, -0.2) is 23.2 Å². The van der Waals surface area contributed by atoms with Crippen LogP contribution in [-0.2, 0) is 0 Å². The number of hydrogen-bond donors (Lipinski definition) is 1. The summed E-state index contributed by atoms with van der Waals surface area (Å²) >= 11 is 12.5. The average molecular weight is 390 g/mol. The predicted molar refractivity (Wildman–Crippen MR) is 88.5 cm³/mol. The number of carbonyl (C=O) groups is 1. The van der Waals surface area contributed by atoms with E-state index < -0.39 is 28.4 Å². The van der Waals surface area contributed by atoms with Crippen LogP contribution in [0, 0.1) is 11.6 Å². The minimum atomic E-state index is -1.28. The lowest BCUT2D eigenvalue weighted by molar-refractivity contribution is 0.0703. The van der Waals surface area contributed by atoms with E-state index in [1.165, 1.54) is 12.3 Å². The van der Waals surface area contributed by atoms with Crippen LogP contribution in [0.15, 0.2) is 18.3 Å². The summed E-state index contributed by atoms with van der Waals surface area (Å²) in [4.78, 5) is 15.5. The number of rotatable bonds is 3. The minimum Gasteiger partial charge on any atom is -0.491 e. The maximum absolute atomic E-state index is 14.7. The molecule has 0 aliphatic heterocycles. The highest BCUT2D eigenvalue weighted by atomic mass is 35.5. The SMILES string of the molecule is COc1c(F)c(Cl)cc(-c2c(C(=O)O)sc3cc(Cl)cnc23)c1F. The zero-order valence-corrected chi connectivity index (χ0v) is 14.2. The lowest BCUT2D eigenvalue weighted by Crippen LogP contribution is -2.00. The molecule has 0 amide bonds. The quantitative estimate of drug-likeness (QED) is 0.621. The van der Waals surface area contributed by atoms with Crippen LogP contribution in [0.2, 0.25) is 10.0 Å². The van der Waals surface area contributed by atoms with Crippen molar-refractivity contribution >= 4 is 50.7 Å². The number of fused-ring (bicyclic) bond motifs is 1. The normalized spacial score (nSPS) is 11.0. The van der Waals surface area contributed by atoms with E-state index in [1.807, 2.05) is 0 Å². The molecule has 0 fully saturated rings. The number of pyridine rings is 1. The fourth-order valence-electron chi connectivity index (χ4n) is 2.30. The molecule has 2 aromatic heterocycles. The number of benzene rings is 1. The van der Waals surface area contributed by atoms with Gasteiger partial charge in [-0.2, -0.15) is 0 Å². The highest BCUT2D eigenvalue weighted by Crippen LogP contribution is 2.43. The van der Waals surface area contributed by atoms with Gasteiger partial charge in [-0.15, -0.1) is 11.3 Å². The highest BCUT2D eigenvalue weighted by Gasteiger charge is 2.27. The molecule has 0 aliphatic rings. The summed E-state index contributed by atoms with van der Waals surface area (Å²) in [5.41, 5.74) is 0.0130. The van der Waals surface area contributed by atoms with Crippen molar-refractivity contribution < 1.29 is 23.4 Å². The van der Waals surface area contributed by atoms with Crippen molar-refractivity contribution in [2.45, 2.75) is 0 Å². The molecule has 1 N–H and O–H groups in total. The summed E-state index contributed by atoms with van der Waals surface area (Å²) in [7, 11) is 1.09. The largest absolute Gasteiger partial charge is 0.491 e. The van der Waals surface area contributed by atoms with Gasteiger partial charge in [0.05, 0.1) is 27.4 Å². The molecular formula is C15H7Cl2F2NO3S. The number of methoxy groups -OCH3 is 1. The molecule has 124 valence electrons. The fraction of sp³-hybridized carbons (Fsp3) is 0.0667. The maximum Gasteiger partial charge on any atom is 0.346 e. The third-order valence-electron chi connectivity index (χ3n) is 3.28. The number of carboxylic acid groups (broad SMARTS) is 1. The van der Waals surface area contributed by atoms with Gasteiger partial charge in [0.25, 0.3) is 0 Å². The van der Waals surface area contributed by atoms with E-state index in [2.05, 4.69) is 4.98 Å². The first-order valence-electron chi connectivity index (χ1n) is 6.38. The maximum atomic E-state index is 14.7. The smallest absolute Gasteiger partial charge is 0.346 e. The molecule has 3 aromatic rings. The van der Waals surface area contributed by atoms with Gasteiger partial charge in [-0.3, -0.25) is 4.98 Å². The Bertz CT molecular complexity index is 991. The molecule has 3 rings (SSSR count). The Morgan fingerprint density at radius 1 is 1.29 bits per heavy atom. The van der Waals surface area contributed by atoms with E-state index in [9.17, 15) is 18.7 Å². The Kier molecular flexibility index (Phi) is 4.33. The molecule has 0 aliphatic carbocycles. The first-order chi connectivity index (χ1) is 11.3. The average Bonchev–Trinajstić information content (AvgIpc) is 2.90. The monoisotopic (exact) mass is 389 g/mol. The number of aromatic carboxylic acids is 1. The molecule has 0 unspecified atom stereocenters. The van der Waals surface area contributed by atoms with Crippen LogP contribution in [0.4, 0.5) is 8.78 Å². The van der Waals surface area contributed by atoms with Crippen LogP contribution in [0.1, 0.15) is 9.67 Å². The molecule has 24 heavy (non-hydrogen) atoms. The third-order valence-corrected chi connectivity index (χ3v) is 4.87. The lowest BCUT2D eigenvalue weighted by atomic mass is 10.0. The van der Waals surface area contributed by atoms with E-state index in [0.717, 1.165) is 24.5 Å². The van der Waals surface area contributed by atoms with Crippen molar-refractivity contribution in [3.05, 3.63) is 44.9 Å². The van der Waals surface area contributed by atoms with E-state index in [1.54, 1.807) is 0 Å². The van der Waals surface area contributed by atoms with Crippen LogP contribution in [0.5, 0.6) is 5.75 Å². The van der Waals surface area contributed by atoms with E-state index in [0.29, 0.717) is 9.72 Å². The molecule has 0 saturated carbocycles. The zero-order valence-electron chi connectivity index (χ0n) is 11.9. The molecule has 0 atom stereocenters. The number of hydrogen-bond acceptors (Lipinski definition) is 4. The Hall–Kier alpha value is -1.96. The summed E-state index contributed by atoms with van der Waals surface area (Å²) in [5.74, 6) is -4.09. The summed E-state index contributed by atoms with van der Waals surface area (Å²) in [6.07, 6.45) is 1.31. The molecule has 1 aromatic carbocycles. The molecule has 0 spiro atoms. The Morgan fingerprint density at radius 2 is 2.00 bits per heavy atom. The summed E-state index contributed by atoms with van der Waals surface area (Å²) < 4.78 is 33.7. The lowest BCUT2D eigenvalue weighted by Gasteiger charge is -2.10. The highest BCUT2D eigenvalue weighted by molar-refractivity contribution is 7.21. The van der Waals surface area contributed by atoms with Gasteiger partial charge < -0.3 is 9.84 Å². The molecule has 4 nitrogen and oxygen atoms in total. The second-order valence-corrected chi connectivity index (χ2v) is 6.57. The summed E-state index contributed by atoms with van der Waals surface area (Å²) in [5, 5.41) is 9.34. The van der Waals surface area contributed by atoms with Gasteiger partial charge >= 0.3 is 5.97 Å². The fourth-order valence-corrected chi connectivity index (χ4v) is 3.77. The van der Waals surface area contributed by atoms with E-state index in [-0.39, 0.29) is 21.5 Å². The topological polar surface area (TPSA) is 59.4 Å². The number of ether oxygens (including phenoxy) is 1. The van der Waals surface area contributed by atoms with Crippen molar-refractivity contribution in [3.63, 3.8) is 0 Å². The van der Waals surface area contributed by atoms with Gasteiger partial charge in [-0.1, -0.05) is 23.2 Å². The Balaban J connectivity index is 2.44. The van der Waals surface area contributed by atoms with Crippen molar-refractivity contribution in [2.24, 2.45) is 0 Å². The first kappa shape index (κ1) is 16.9. The van der Waals surface area contributed by atoms with Crippen LogP contribution in [0.25, 0.3) is 21.3 Å². The summed E-state index contributed by atoms with van der Waals surface area (Å²) in [6, 6.07) is 2.53. The molecule has 0 radical (unpaired) electrons. The Labute approximate surface area is 148 Å². The number of halogens is 4. The van der Waals surface area contributed by atoms with Gasteiger partial charge in [0, 0.05) is 17.3 Å². The standard InChI is InChI=1S/C15H7Cl2F2NO3S/c1-23-13-10(18)6(3-7(17)11(13)19)9-12-8(2-5(16)4-20-12)24-14(9)15(21)22/h2-4H,1H3,(H,21,22). The second-order valence-electron chi connectivity index (χ2n) is 4.68. The molecule has 0 saturated heterocycles. The first-order valence-corrected chi connectivity index (χ1v) is 7.95. The number of thiophene rings is 1. The van der Waals surface area contributed by atoms with Crippen LogP contribution >= 0.6 is 34.5 Å². The predicted octanol–water partition coefficient (Wildman–Crippen LogP) is 5.26. The molecule has 9 heteroatoms. The van der Waals surface area contributed by atoms with Crippen molar-refractivity contribution in [1.29, 1.82) is 0 Å². The number of carboxylic acids is 1. The van der Waals surface area contributed by atoms with Crippen molar-refractivity contribution in [1.82, 2.24) is 4.98 Å². The van der Waals surface area contributed by atoms with Gasteiger partial charge in [-0.05, 0) is 12.1 Å². The molecule has 2 heterocycles. The minimum absolute atomic E-state index is 0.00290. The van der Waals surface area contributed by atoms with Crippen LogP contribution < -0.4 is 4.74 Å².